The van der Waals surface area contributed by atoms with E-state index >= 15 is 0 Å². The summed E-state index contributed by atoms with van der Waals surface area (Å²) in [5.41, 5.74) is 1.41. The largest absolute Gasteiger partial charge is 0.390 e. The zero-order valence-electron chi connectivity index (χ0n) is 15.9. The predicted octanol–water partition coefficient (Wildman–Crippen LogP) is 3.29. The van der Waals surface area contributed by atoms with Crippen LogP contribution in [0.4, 0.5) is 0 Å². The molecule has 0 aromatic heterocycles. The highest BCUT2D eigenvalue weighted by Crippen LogP contribution is 2.41. The van der Waals surface area contributed by atoms with Crippen molar-refractivity contribution in [2.45, 2.75) is 63.6 Å². The molecule has 0 spiro atoms. The smallest absolute Gasteiger partial charge is 0.253 e. The second kappa shape index (κ2) is 7.46. The van der Waals surface area contributed by atoms with Gasteiger partial charge in [0, 0.05) is 38.2 Å². The monoisotopic (exact) mass is 344 g/mol. The fraction of sp³-hybridized carbons (Fsp3) is 0.667. The second-order valence-corrected chi connectivity index (χ2v) is 8.29. The molecule has 1 saturated heterocycles. The van der Waals surface area contributed by atoms with Crippen molar-refractivity contribution in [3.63, 3.8) is 0 Å². The molecule has 1 aromatic carbocycles. The molecule has 4 nitrogen and oxygen atoms in total. The van der Waals surface area contributed by atoms with Crippen molar-refractivity contribution in [1.82, 2.24) is 9.80 Å². The van der Waals surface area contributed by atoms with Crippen LogP contribution in [0.5, 0.6) is 0 Å². The van der Waals surface area contributed by atoms with Gasteiger partial charge in [0.25, 0.3) is 5.91 Å². The minimum Gasteiger partial charge on any atom is -0.390 e. The van der Waals surface area contributed by atoms with E-state index in [1.165, 1.54) is 24.8 Å². The lowest BCUT2D eigenvalue weighted by atomic mass is 9.72. The first kappa shape index (κ1) is 18.4. The number of likely N-dealkylation sites (tertiary alicyclic amines) is 1. The Morgan fingerprint density at radius 1 is 1.28 bits per heavy atom. The molecular weight excluding hydrogens is 312 g/mol. The van der Waals surface area contributed by atoms with Crippen LogP contribution in [0.3, 0.4) is 0 Å². The van der Waals surface area contributed by atoms with Crippen LogP contribution in [0.1, 0.15) is 61.4 Å². The molecule has 0 bridgehead atoms. The molecule has 3 rings (SSSR count). The van der Waals surface area contributed by atoms with Crippen molar-refractivity contribution in [1.29, 1.82) is 0 Å². The topological polar surface area (TPSA) is 43.8 Å². The molecule has 0 unspecified atom stereocenters. The Morgan fingerprint density at radius 3 is 2.80 bits per heavy atom. The first-order valence-corrected chi connectivity index (χ1v) is 9.65. The van der Waals surface area contributed by atoms with E-state index in [4.69, 9.17) is 0 Å². The quantitative estimate of drug-likeness (QED) is 0.911. The van der Waals surface area contributed by atoms with Gasteiger partial charge in [0.1, 0.15) is 0 Å². The molecule has 1 aromatic rings. The number of carbonyl (C=O) groups excluding carboxylic acids is 1. The summed E-state index contributed by atoms with van der Waals surface area (Å²) in [5, 5.41) is 10.9. The van der Waals surface area contributed by atoms with Gasteiger partial charge < -0.3 is 10.0 Å². The van der Waals surface area contributed by atoms with Crippen molar-refractivity contribution in [2.75, 3.05) is 20.6 Å². The fourth-order valence-corrected chi connectivity index (χ4v) is 4.75. The third-order valence-corrected chi connectivity index (χ3v) is 6.09. The highest BCUT2D eigenvalue weighted by atomic mass is 16.3. The molecule has 25 heavy (non-hydrogen) atoms. The Morgan fingerprint density at radius 2 is 2.08 bits per heavy atom. The molecule has 2 fully saturated rings. The highest BCUT2D eigenvalue weighted by molar-refractivity contribution is 5.94. The van der Waals surface area contributed by atoms with Gasteiger partial charge >= 0.3 is 0 Å². The van der Waals surface area contributed by atoms with E-state index in [0.29, 0.717) is 12.0 Å². The van der Waals surface area contributed by atoms with Gasteiger partial charge in [0.05, 0.1) is 5.60 Å². The number of hydrogen-bond donors (Lipinski definition) is 1. The van der Waals surface area contributed by atoms with Crippen molar-refractivity contribution in [3.8, 4) is 0 Å². The lowest BCUT2D eigenvalue weighted by molar-refractivity contribution is -0.0628. The molecule has 1 amide bonds. The summed E-state index contributed by atoms with van der Waals surface area (Å²) in [6.07, 6.45) is 6.82. The Hall–Kier alpha value is -1.39. The average Bonchev–Trinajstić information content (AvgIpc) is 3.01. The summed E-state index contributed by atoms with van der Waals surface area (Å²) >= 11 is 0. The predicted molar refractivity (Wildman–Crippen MR) is 100 cm³/mol. The molecular formula is C21H32N2O2. The van der Waals surface area contributed by atoms with Gasteiger partial charge in [-0.15, -0.1) is 0 Å². The fourth-order valence-electron chi connectivity index (χ4n) is 4.75. The zero-order chi connectivity index (χ0) is 18.0. The molecule has 3 atom stereocenters. The van der Waals surface area contributed by atoms with Crippen LogP contribution in [0, 0.1) is 5.92 Å². The number of rotatable bonds is 4. The van der Waals surface area contributed by atoms with Gasteiger partial charge in [-0.3, -0.25) is 9.69 Å². The van der Waals surface area contributed by atoms with E-state index in [1.807, 2.05) is 25.1 Å². The molecule has 1 heterocycles. The van der Waals surface area contributed by atoms with Gasteiger partial charge in [-0.25, -0.2) is 0 Å². The Kier molecular flexibility index (Phi) is 5.49. The van der Waals surface area contributed by atoms with Crippen molar-refractivity contribution < 1.29 is 9.90 Å². The normalized spacial score (nSPS) is 30.4. The lowest BCUT2D eigenvalue weighted by Gasteiger charge is -2.43. The van der Waals surface area contributed by atoms with Crippen LogP contribution in [0.15, 0.2) is 24.3 Å². The van der Waals surface area contributed by atoms with Crippen LogP contribution in [-0.4, -0.2) is 53.1 Å². The zero-order valence-corrected chi connectivity index (χ0v) is 15.9. The van der Waals surface area contributed by atoms with E-state index < -0.39 is 5.60 Å². The van der Waals surface area contributed by atoms with Gasteiger partial charge in [-0.05, 0) is 56.8 Å². The summed E-state index contributed by atoms with van der Waals surface area (Å²) in [6, 6.07) is 8.47. The van der Waals surface area contributed by atoms with Crippen LogP contribution >= 0.6 is 0 Å². The van der Waals surface area contributed by atoms with Crippen molar-refractivity contribution >= 4 is 5.91 Å². The minimum absolute atomic E-state index is 0.0510. The van der Waals surface area contributed by atoms with E-state index in [0.717, 1.165) is 37.9 Å². The number of carbonyl (C=O) groups is 1. The SMILES string of the molecule is CN(C)C(=O)c1cccc(CN2CCC[C@@H]2[C@H]2CCCC[C@]2(C)O)c1. The second-order valence-electron chi connectivity index (χ2n) is 8.29. The van der Waals surface area contributed by atoms with Gasteiger partial charge in [0.2, 0.25) is 0 Å². The van der Waals surface area contributed by atoms with Gasteiger partial charge in [-0.2, -0.15) is 0 Å². The van der Waals surface area contributed by atoms with Crippen LogP contribution < -0.4 is 0 Å². The van der Waals surface area contributed by atoms with E-state index in [2.05, 4.69) is 11.0 Å². The van der Waals surface area contributed by atoms with E-state index in [-0.39, 0.29) is 5.91 Å². The minimum atomic E-state index is -0.533. The van der Waals surface area contributed by atoms with E-state index in [1.54, 1.807) is 19.0 Å². The summed E-state index contributed by atoms with van der Waals surface area (Å²) in [6.45, 7) is 3.98. The molecule has 2 aliphatic rings. The number of nitrogens with zero attached hydrogens (tertiary/aromatic N) is 2. The molecule has 1 aliphatic carbocycles. The molecule has 1 aliphatic heterocycles. The lowest BCUT2D eigenvalue weighted by Crippen LogP contribution is -2.48. The Bertz CT molecular complexity index is 612. The van der Waals surface area contributed by atoms with Crippen LogP contribution in [0.2, 0.25) is 0 Å². The Labute approximate surface area is 151 Å². The van der Waals surface area contributed by atoms with E-state index in [9.17, 15) is 9.90 Å². The first-order valence-electron chi connectivity index (χ1n) is 9.65. The van der Waals surface area contributed by atoms with Crippen LogP contribution in [0.25, 0.3) is 0 Å². The average molecular weight is 344 g/mol. The van der Waals surface area contributed by atoms with Crippen molar-refractivity contribution in [2.24, 2.45) is 5.92 Å². The molecule has 1 saturated carbocycles. The number of benzene rings is 1. The number of hydrogen-bond acceptors (Lipinski definition) is 3. The maximum atomic E-state index is 12.2. The maximum Gasteiger partial charge on any atom is 0.253 e. The summed E-state index contributed by atoms with van der Waals surface area (Å²) in [4.78, 5) is 16.4. The van der Waals surface area contributed by atoms with Crippen LogP contribution in [-0.2, 0) is 6.54 Å². The maximum absolute atomic E-state index is 12.2. The highest BCUT2D eigenvalue weighted by Gasteiger charge is 2.43. The Balaban J connectivity index is 1.74. The van der Waals surface area contributed by atoms with Gasteiger partial charge in [0.15, 0.2) is 0 Å². The van der Waals surface area contributed by atoms with Gasteiger partial charge in [-0.1, -0.05) is 25.0 Å². The standard InChI is InChI=1S/C21H32N2O2/c1-21(25)12-5-4-10-18(21)19-11-7-13-23(19)15-16-8-6-9-17(14-16)20(24)22(2)3/h6,8-9,14,18-19,25H,4-5,7,10-13,15H2,1-3H3/t18-,19-,21+/m1/s1. The molecule has 0 radical (unpaired) electrons. The molecule has 138 valence electrons. The third-order valence-electron chi connectivity index (χ3n) is 6.09. The number of aliphatic hydroxyl groups is 1. The van der Waals surface area contributed by atoms with Crippen molar-refractivity contribution in [3.05, 3.63) is 35.4 Å². The third kappa shape index (κ3) is 4.06. The number of amides is 1. The molecule has 4 heteroatoms. The summed E-state index contributed by atoms with van der Waals surface area (Å²) in [5.74, 6) is 0.422. The molecule has 1 N–H and O–H groups in total. The summed E-state index contributed by atoms with van der Waals surface area (Å²) < 4.78 is 0. The first-order chi connectivity index (χ1) is 11.9. The summed E-state index contributed by atoms with van der Waals surface area (Å²) in [7, 11) is 3.58.